The Morgan fingerprint density at radius 1 is 1.37 bits per heavy atom. The zero-order valence-electron chi connectivity index (χ0n) is 17.5. The number of carbonyl (C=O) groups excluding carboxylic acids is 1. The van der Waals surface area contributed by atoms with Gasteiger partial charge >= 0.3 is 12.1 Å². The van der Waals surface area contributed by atoms with Crippen LogP contribution in [-0.2, 0) is 25.4 Å². The van der Waals surface area contributed by atoms with Crippen LogP contribution in [0.5, 0.6) is 0 Å². The molecule has 4 atom stereocenters. The van der Waals surface area contributed by atoms with Gasteiger partial charge in [0.25, 0.3) is 0 Å². The number of esters is 1. The molecule has 2 rings (SSSR count). The van der Waals surface area contributed by atoms with E-state index < -0.39 is 30.3 Å². The van der Waals surface area contributed by atoms with Crippen LogP contribution in [0.2, 0.25) is 0 Å². The Labute approximate surface area is 176 Å². The van der Waals surface area contributed by atoms with E-state index in [9.17, 15) is 19.1 Å². The molecule has 1 aromatic carbocycles. The number of carboxylic acid groups (broad SMARTS) is 1. The predicted molar refractivity (Wildman–Crippen MR) is 108 cm³/mol. The maximum atomic E-state index is 13.3. The molecule has 0 saturated carbocycles. The van der Waals surface area contributed by atoms with Crippen LogP contribution in [0, 0.1) is 11.7 Å². The second-order valence-electron chi connectivity index (χ2n) is 7.44. The summed E-state index contributed by atoms with van der Waals surface area (Å²) < 4.78 is 29.8. The quantitative estimate of drug-likeness (QED) is 0.391. The number of cyclic esters (lactones) is 1. The van der Waals surface area contributed by atoms with Crippen molar-refractivity contribution in [1.82, 2.24) is 4.90 Å². The third-order valence-electron chi connectivity index (χ3n) is 5.26. The minimum Gasteiger partial charge on any atom is -0.465 e. The molecule has 166 valence electrons. The number of rotatable bonds is 8. The molecule has 0 aromatic heterocycles. The van der Waals surface area contributed by atoms with Crippen molar-refractivity contribution in [3.05, 3.63) is 48.3 Å². The largest absolute Gasteiger partial charge is 0.465 e. The molecule has 1 heterocycles. The van der Waals surface area contributed by atoms with Gasteiger partial charge in [0.15, 0.2) is 0 Å². The van der Waals surface area contributed by atoms with Crippen LogP contribution in [0.1, 0.15) is 31.7 Å². The number of hydrogen-bond acceptors (Lipinski definition) is 5. The van der Waals surface area contributed by atoms with Crippen LogP contribution in [-0.4, -0.2) is 60.8 Å². The van der Waals surface area contributed by atoms with Gasteiger partial charge in [-0.3, -0.25) is 4.90 Å². The van der Waals surface area contributed by atoms with Gasteiger partial charge in [-0.25, -0.2) is 14.0 Å². The van der Waals surface area contributed by atoms with Crippen LogP contribution in [0.4, 0.5) is 9.18 Å². The molecular weight excluding hydrogens is 393 g/mol. The van der Waals surface area contributed by atoms with Gasteiger partial charge in [-0.2, -0.15) is 0 Å². The fourth-order valence-corrected chi connectivity index (χ4v) is 3.86. The predicted octanol–water partition coefficient (Wildman–Crippen LogP) is 3.62. The number of nitrogens with zero attached hydrogens (tertiary/aromatic N) is 1. The van der Waals surface area contributed by atoms with Gasteiger partial charge in [-0.05, 0) is 49.8 Å². The molecule has 0 unspecified atom stereocenters. The van der Waals surface area contributed by atoms with Crippen LogP contribution < -0.4 is 0 Å². The van der Waals surface area contributed by atoms with Crippen LogP contribution >= 0.6 is 0 Å². The van der Waals surface area contributed by atoms with E-state index in [1.165, 1.54) is 19.2 Å². The summed E-state index contributed by atoms with van der Waals surface area (Å²) in [5, 5.41) is 9.48. The summed E-state index contributed by atoms with van der Waals surface area (Å²) in [7, 11) is 1.37. The highest BCUT2D eigenvalue weighted by molar-refractivity contribution is 5.81. The molecule has 1 aliphatic heterocycles. The average molecular weight is 423 g/mol. The zero-order chi connectivity index (χ0) is 22.1. The number of ether oxygens (including phenoxy) is 3. The standard InChI is InChI=1S/C22H30FNO6/c1-4-12-29-20-15(2)30-21(25)19(24(14-28-3)22(26)27)7-5-6-17(20)13-16-8-10-18(23)11-9-16/h4,8-11,15,17,19-20H,1,5-7,12-14H2,2-3H3,(H,26,27)/t15-,17+,19-,20-/m0/s1. The van der Waals surface area contributed by atoms with Gasteiger partial charge < -0.3 is 19.3 Å². The Hall–Kier alpha value is -2.45. The number of carbonyl (C=O) groups is 2. The molecule has 30 heavy (non-hydrogen) atoms. The summed E-state index contributed by atoms with van der Waals surface area (Å²) in [5.74, 6) is -0.918. The first kappa shape index (κ1) is 23.8. The molecule has 0 aliphatic carbocycles. The molecule has 0 bridgehead atoms. The topological polar surface area (TPSA) is 85.3 Å². The van der Waals surface area contributed by atoms with Gasteiger partial charge in [0.05, 0.1) is 12.7 Å². The fourth-order valence-electron chi connectivity index (χ4n) is 3.86. The van der Waals surface area contributed by atoms with E-state index in [2.05, 4.69) is 6.58 Å². The third kappa shape index (κ3) is 6.53. The van der Waals surface area contributed by atoms with Gasteiger partial charge in [0.2, 0.25) is 0 Å². The van der Waals surface area contributed by atoms with Crippen molar-refractivity contribution in [3.8, 4) is 0 Å². The average Bonchev–Trinajstić information content (AvgIpc) is 2.75. The summed E-state index contributed by atoms with van der Waals surface area (Å²) >= 11 is 0. The van der Waals surface area contributed by atoms with E-state index in [1.54, 1.807) is 25.1 Å². The van der Waals surface area contributed by atoms with E-state index in [4.69, 9.17) is 14.2 Å². The highest BCUT2D eigenvalue weighted by Crippen LogP contribution is 2.28. The molecule has 1 N–H and O–H groups in total. The maximum Gasteiger partial charge on any atom is 0.409 e. The minimum atomic E-state index is -1.24. The van der Waals surface area contributed by atoms with E-state index in [-0.39, 0.29) is 18.5 Å². The first-order valence-corrected chi connectivity index (χ1v) is 10.0. The van der Waals surface area contributed by atoms with Crippen molar-refractivity contribution in [2.75, 3.05) is 20.4 Å². The SMILES string of the molecule is C=CCO[C@@H]1[C@@H](Cc2ccc(F)cc2)CCC[C@H](N(COC)C(=O)O)C(=O)O[C@H]1C. The van der Waals surface area contributed by atoms with Crippen molar-refractivity contribution in [1.29, 1.82) is 0 Å². The third-order valence-corrected chi connectivity index (χ3v) is 5.26. The molecule has 7 nitrogen and oxygen atoms in total. The van der Waals surface area contributed by atoms with Gasteiger partial charge in [0, 0.05) is 7.11 Å². The minimum absolute atomic E-state index is 0.00216. The molecule has 1 amide bonds. The smallest absolute Gasteiger partial charge is 0.409 e. The Kier molecular flexibility index (Phi) is 9.26. The van der Waals surface area contributed by atoms with E-state index in [0.29, 0.717) is 32.3 Å². The lowest BCUT2D eigenvalue weighted by molar-refractivity contribution is -0.164. The van der Waals surface area contributed by atoms with Crippen molar-refractivity contribution in [2.24, 2.45) is 5.92 Å². The normalized spacial score (nSPS) is 24.8. The summed E-state index contributed by atoms with van der Waals surface area (Å²) in [6.45, 7) is 5.49. The number of halogens is 1. The van der Waals surface area contributed by atoms with E-state index in [1.807, 2.05) is 0 Å². The first-order chi connectivity index (χ1) is 14.4. The van der Waals surface area contributed by atoms with Crippen molar-refractivity contribution >= 4 is 12.1 Å². The van der Waals surface area contributed by atoms with Crippen LogP contribution in [0.3, 0.4) is 0 Å². The Balaban J connectivity index is 2.25. The number of hydrogen-bond donors (Lipinski definition) is 1. The highest BCUT2D eigenvalue weighted by Gasteiger charge is 2.37. The molecule has 1 saturated heterocycles. The molecule has 0 spiro atoms. The van der Waals surface area contributed by atoms with Crippen molar-refractivity contribution in [2.45, 2.75) is 50.9 Å². The zero-order valence-corrected chi connectivity index (χ0v) is 17.5. The fraction of sp³-hybridized carbons (Fsp3) is 0.545. The lowest BCUT2D eigenvalue weighted by Crippen LogP contribution is -2.47. The van der Waals surface area contributed by atoms with Crippen molar-refractivity contribution < 1.29 is 33.3 Å². The molecular formula is C22H30FNO6. The number of benzene rings is 1. The summed E-state index contributed by atoms with van der Waals surface area (Å²) in [5.41, 5.74) is 0.953. The highest BCUT2D eigenvalue weighted by atomic mass is 19.1. The Morgan fingerprint density at radius 2 is 2.07 bits per heavy atom. The maximum absolute atomic E-state index is 13.3. The summed E-state index contributed by atoms with van der Waals surface area (Å²) in [6, 6.07) is 5.35. The molecule has 1 fully saturated rings. The van der Waals surface area contributed by atoms with E-state index in [0.717, 1.165) is 10.5 Å². The Morgan fingerprint density at radius 3 is 2.67 bits per heavy atom. The van der Waals surface area contributed by atoms with Crippen molar-refractivity contribution in [3.63, 3.8) is 0 Å². The molecule has 8 heteroatoms. The molecule has 1 aromatic rings. The monoisotopic (exact) mass is 423 g/mol. The first-order valence-electron chi connectivity index (χ1n) is 10.0. The van der Waals surface area contributed by atoms with Gasteiger partial charge in [0.1, 0.15) is 24.7 Å². The number of amides is 1. The second-order valence-corrected chi connectivity index (χ2v) is 7.44. The van der Waals surface area contributed by atoms with Gasteiger partial charge in [-0.1, -0.05) is 24.6 Å². The second kappa shape index (κ2) is 11.7. The lowest BCUT2D eigenvalue weighted by atomic mass is 9.86. The molecule has 1 aliphatic rings. The lowest BCUT2D eigenvalue weighted by Gasteiger charge is -2.31. The Bertz CT molecular complexity index is 710. The summed E-state index contributed by atoms with van der Waals surface area (Å²) in [4.78, 5) is 25.3. The number of methoxy groups -OCH3 is 1. The van der Waals surface area contributed by atoms with Crippen LogP contribution in [0.15, 0.2) is 36.9 Å². The van der Waals surface area contributed by atoms with Gasteiger partial charge in [-0.15, -0.1) is 6.58 Å². The van der Waals surface area contributed by atoms with E-state index >= 15 is 0 Å². The summed E-state index contributed by atoms with van der Waals surface area (Å²) in [6.07, 6.45) is 1.61. The van der Waals surface area contributed by atoms with Crippen LogP contribution in [0.25, 0.3) is 0 Å². The molecule has 0 radical (unpaired) electrons.